The fourth-order valence-corrected chi connectivity index (χ4v) is 1.35. The van der Waals surface area contributed by atoms with Crippen molar-refractivity contribution in [2.24, 2.45) is 5.73 Å². The predicted molar refractivity (Wildman–Crippen MR) is 66.6 cm³/mol. The first-order valence-electron chi connectivity index (χ1n) is 5.62. The molecule has 0 aliphatic rings. The fraction of sp³-hybridized carbons (Fsp3) is 0.250. The minimum atomic E-state index is -1.60. The minimum Gasteiger partial charge on any atom is -0.478 e. The van der Waals surface area contributed by atoms with E-state index in [9.17, 15) is 18.8 Å². The van der Waals surface area contributed by atoms with Crippen LogP contribution >= 0.6 is 0 Å². The van der Waals surface area contributed by atoms with Gasteiger partial charge in [-0.05, 0) is 25.1 Å². The lowest BCUT2D eigenvalue weighted by atomic mass is 10.1. The Hall–Kier alpha value is -2.48. The van der Waals surface area contributed by atoms with Gasteiger partial charge in [-0.1, -0.05) is 0 Å². The number of carbonyl (C=O) groups is 3. The van der Waals surface area contributed by atoms with Gasteiger partial charge in [0.15, 0.2) is 6.04 Å². The Morgan fingerprint density at radius 2 is 2.10 bits per heavy atom. The second-order valence-corrected chi connectivity index (χ2v) is 3.71. The highest BCUT2D eigenvalue weighted by molar-refractivity contribution is 6.10. The van der Waals surface area contributed by atoms with Crippen molar-refractivity contribution in [2.45, 2.75) is 13.0 Å². The van der Waals surface area contributed by atoms with Crippen molar-refractivity contribution in [2.75, 3.05) is 11.9 Å². The van der Waals surface area contributed by atoms with Gasteiger partial charge in [-0.2, -0.15) is 0 Å². The summed E-state index contributed by atoms with van der Waals surface area (Å²) in [6.07, 6.45) is 0. The molecule has 1 aromatic carbocycles. The summed E-state index contributed by atoms with van der Waals surface area (Å²) in [5, 5.41) is 11.0. The van der Waals surface area contributed by atoms with Crippen LogP contribution in [0.1, 0.15) is 17.3 Å². The summed E-state index contributed by atoms with van der Waals surface area (Å²) >= 11 is 0. The summed E-state index contributed by atoms with van der Waals surface area (Å²) in [7, 11) is 0. The molecule has 0 spiro atoms. The standard InChI is InChI=1S/C12H13FN2O5/c1-2-20-12(19)9(14)10(16)15-8-4-3-6(13)5-7(8)11(17)18/h3-5,9H,2,14H2,1H3,(H,15,16)(H,17,18). The maximum Gasteiger partial charge on any atom is 0.337 e. The van der Waals surface area contributed by atoms with Gasteiger partial charge in [0, 0.05) is 0 Å². The Kier molecular flexibility index (Phi) is 5.15. The molecule has 1 atom stereocenters. The zero-order valence-corrected chi connectivity index (χ0v) is 10.6. The van der Waals surface area contributed by atoms with Crippen molar-refractivity contribution >= 4 is 23.5 Å². The van der Waals surface area contributed by atoms with Crippen LogP contribution in [0.15, 0.2) is 18.2 Å². The van der Waals surface area contributed by atoms with Crippen molar-refractivity contribution in [3.05, 3.63) is 29.6 Å². The number of halogens is 1. The molecule has 1 aromatic rings. The lowest BCUT2D eigenvalue weighted by molar-refractivity contribution is -0.146. The van der Waals surface area contributed by atoms with Crippen molar-refractivity contribution < 1.29 is 28.6 Å². The molecule has 0 aromatic heterocycles. The zero-order valence-electron chi connectivity index (χ0n) is 10.6. The van der Waals surface area contributed by atoms with Crippen LogP contribution in [-0.4, -0.2) is 35.6 Å². The van der Waals surface area contributed by atoms with Crippen LogP contribution < -0.4 is 11.1 Å². The largest absolute Gasteiger partial charge is 0.478 e. The Balaban J connectivity index is 2.91. The second-order valence-electron chi connectivity index (χ2n) is 3.71. The lowest BCUT2D eigenvalue weighted by Gasteiger charge is -2.12. The highest BCUT2D eigenvalue weighted by Gasteiger charge is 2.24. The summed E-state index contributed by atoms with van der Waals surface area (Å²) in [6.45, 7) is 1.60. The summed E-state index contributed by atoms with van der Waals surface area (Å²) in [5.74, 6) is -4.08. The number of anilines is 1. The highest BCUT2D eigenvalue weighted by atomic mass is 19.1. The number of carboxylic acids is 1. The third-order valence-corrected chi connectivity index (χ3v) is 2.29. The molecule has 20 heavy (non-hydrogen) atoms. The fourth-order valence-electron chi connectivity index (χ4n) is 1.35. The third-order valence-electron chi connectivity index (χ3n) is 2.29. The van der Waals surface area contributed by atoms with Crippen LogP contribution in [0.25, 0.3) is 0 Å². The van der Waals surface area contributed by atoms with Gasteiger partial charge in [0.05, 0.1) is 17.9 Å². The van der Waals surface area contributed by atoms with E-state index in [1.165, 1.54) is 0 Å². The summed E-state index contributed by atoms with van der Waals surface area (Å²) < 4.78 is 17.5. The first kappa shape index (κ1) is 15.6. The molecule has 1 amide bonds. The van der Waals surface area contributed by atoms with Crippen LogP contribution in [0.2, 0.25) is 0 Å². The molecule has 7 nitrogen and oxygen atoms in total. The Morgan fingerprint density at radius 1 is 1.45 bits per heavy atom. The van der Waals surface area contributed by atoms with E-state index in [1.807, 2.05) is 0 Å². The van der Waals surface area contributed by atoms with Crippen molar-refractivity contribution in [3.8, 4) is 0 Å². The molecule has 4 N–H and O–H groups in total. The third kappa shape index (κ3) is 3.75. The average Bonchev–Trinajstić information content (AvgIpc) is 2.39. The lowest BCUT2D eigenvalue weighted by Crippen LogP contribution is -2.43. The number of aromatic carboxylic acids is 1. The first-order chi connectivity index (χ1) is 9.36. The number of nitrogens with two attached hydrogens (primary N) is 1. The van der Waals surface area contributed by atoms with E-state index in [1.54, 1.807) is 6.92 Å². The molecule has 0 aliphatic heterocycles. The number of carboxylic acid groups (broad SMARTS) is 1. The molecule has 1 rings (SSSR count). The van der Waals surface area contributed by atoms with Crippen LogP contribution in [0.4, 0.5) is 10.1 Å². The zero-order chi connectivity index (χ0) is 15.3. The first-order valence-corrected chi connectivity index (χ1v) is 5.62. The molecule has 0 fully saturated rings. The quantitative estimate of drug-likeness (QED) is 0.530. The summed E-state index contributed by atoms with van der Waals surface area (Å²) in [5.41, 5.74) is 4.73. The van der Waals surface area contributed by atoms with Crippen LogP contribution in [0.5, 0.6) is 0 Å². The SMILES string of the molecule is CCOC(=O)C(N)C(=O)Nc1ccc(F)cc1C(=O)O. The van der Waals surface area contributed by atoms with Gasteiger partial charge < -0.3 is 20.9 Å². The number of esters is 1. The van der Waals surface area contributed by atoms with E-state index >= 15 is 0 Å². The molecule has 0 saturated carbocycles. The molecule has 108 valence electrons. The van der Waals surface area contributed by atoms with Crippen LogP contribution in [-0.2, 0) is 14.3 Å². The van der Waals surface area contributed by atoms with Crippen molar-refractivity contribution in [1.82, 2.24) is 0 Å². The van der Waals surface area contributed by atoms with Gasteiger partial charge in [-0.25, -0.2) is 14.0 Å². The maximum atomic E-state index is 13.0. The van der Waals surface area contributed by atoms with Gasteiger partial charge in [0.1, 0.15) is 5.82 Å². The van der Waals surface area contributed by atoms with Gasteiger partial charge in [-0.3, -0.25) is 4.79 Å². The number of amides is 1. The molecular formula is C12H13FN2O5. The number of carbonyl (C=O) groups excluding carboxylic acids is 2. The van der Waals surface area contributed by atoms with Gasteiger partial charge in [0.25, 0.3) is 5.91 Å². The van der Waals surface area contributed by atoms with E-state index in [2.05, 4.69) is 10.1 Å². The second kappa shape index (κ2) is 6.62. The highest BCUT2D eigenvalue weighted by Crippen LogP contribution is 2.17. The molecule has 0 heterocycles. The van der Waals surface area contributed by atoms with E-state index in [4.69, 9.17) is 10.8 Å². The number of rotatable bonds is 5. The molecule has 0 bridgehead atoms. The van der Waals surface area contributed by atoms with Gasteiger partial charge in [0.2, 0.25) is 0 Å². The summed E-state index contributed by atoms with van der Waals surface area (Å²) in [6, 6.07) is 1.18. The number of nitrogens with one attached hydrogen (secondary N) is 1. The normalized spacial score (nSPS) is 11.6. The molecule has 0 radical (unpaired) electrons. The molecule has 1 unspecified atom stereocenters. The minimum absolute atomic E-state index is 0.0523. The molecule has 8 heteroatoms. The molecular weight excluding hydrogens is 271 g/mol. The van der Waals surface area contributed by atoms with Gasteiger partial charge >= 0.3 is 11.9 Å². The van der Waals surface area contributed by atoms with Crippen molar-refractivity contribution in [1.29, 1.82) is 0 Å². The number of hydrogen-bond acceptors (Lipinski definition) is 5. The van der Waals surface area contributed by atoms with E-state index in [0.717, 1.165) is 18.2 Å². The van der Waals surface area contributed by atoms with Crippen molar-refractivity contribution in [3.63, 3.8) is 0 Å². The van der Waals surface area contributed by atoms with Crippen LogP contribution in [0, 0.1) is 5.82 Å². The molecule has 0 saturated heterocycles. The Morgan fingerprint density at radius 3 is 2.65 bits per heavy atom. The maximum absolute atomic E-state index is 13.0. The monoisotopic (exact) mass is 284 g/mol. The predicted octanol–water partition coefficient (Wildman–Crippen LogP) is 0.353. The van der Waals surface area contributed by atoms with Gasteiger partial charge in [-0.15, -0.1) is 0 Å². The number of benzene rings is 1. The van der Waals surface area contributed by atoms with Crippen LogP contribution in [0.3, 0.4) is 0 Å². The smallest absolute Gasteiger partial charge is 0.337 e. The van der Waals surface area contributed by atoms with E-state index in [-0.39, 0.29) is 12.3 Å². The summed E-state index contributed by atoms with van der Waals surface area (Å²) in [4.78, 5) is 33.8. The van der Waals surface area contributed by atoms with E-state index < -0.39 is 35.3 Å². The molecule has 0 aliphatic carbocycles. The Labute approximate surface area is 113 Å². The Bertz CT molecular complexity index is 547. The number of hydrogen-bond donors (Lipinski definition) is 3. The topological polar surface area (TPSA) is 119 Å². The average molecular weight is 284 g/mol. The van der Waals surface area contributed by atoms with E-state index in [0.29, 0.717) is 0 Å². The number of ether oxygens (including phenoxy) is 1.